The smallest absolute Gasteiger partial charge is 0.387 e. The van der Waals surface area contributed by atoms with E-state index in [-0.39, 0.29) is 5.75 Å². The van der Waals surface area contributed by atoms with Crippen LogP contribution in [0.25, 0.3) is 11.3 Å². The minimum Gasteiger partial charge on any atom is -0.435 e. The van der Waals surface area contributed by atoms with Gasteiger partial charge in [-0.1, -0.05) is 26.0 Å². The first-order valence-electron chi connectivity index (χ1n) is 6.77. The summed E-state index contributed by atoms with van der Waals surface area (Å²) in [6, 6.07) is 6.95. The lowest BCUT2D eigenvalue weighted by Crippen LogP contribution is -2.21. The van der Waals surface area contributed by atoms with Crippen LogP contribution in [0.5, 0.6) is 5.75 Å². The topological polar surface area (TPSA) is 39.1 Å². The largest absolute Gasteiger partial charge is 0.435 e. The van der Waals surface area contributed by atoms with Gasteiger partial charge >= 0.3 is 6.61 Å². The van der Waals surface area contributed by atoms with E-state index in [2.05, 4.69) is 29.0 Å². The zero-order valence-corrected chi connectivity index (χ0v) is 12.3. The number of rotatable bonds is 6. The summed E-state index contributed by atoms with van der Waals surface area (Å²) < 4.78 is 30.7. The van der Waals surface area contributed by atoms with Crippen molar-refractivity contribution in [1.82, 2.24) is 15.1 Å². The predicted molar refractivity (Wildman–Crippen MR) is 77.3 cm³/mol. The number of halogens is 2. The summed E-state index contributed by atoms with van der Waals surface area (Å²) in [5, 5.41) is 7.74. The molecule has 0 spiro atoms. The molecule has 0 amide bonds. The van der Waals surface area contributed by atoms with Crippen LogP contribution in [0.15, 0.2) is 30.5 Å². The van der Waals surface area contributed by atoms with Gasteiger partial charge in [-0.3, -0.25) is 4.68 Å². The molecular formula is C15H19F2N3O. The lowest BCUT2D eigenvalue weighted by atomic mass is 10.1. The van der Waals surface area contributed by atoms with E-state index < -0.39 is 6.61 Å². The Morgan fingerprint density at radius 2 is 2.10 bits per heavy atom. The Kier molecular flexibility index (Phi) is 4.90. The first-order valence-corrected chi connectivity index (χ1v) is 6.77. The summed E-state index contributed by atoms with van der Waals surface area (Å²) in [5.41, 5.74) is 2.54. The van der Waals surface area contributed by atoms with Gasteiger partial charge in [0.15, 0.2) is 0 Å². The van der Waals surface area contributed by atoms with Crippen LogP contribution in [0, 0.1) is 0 Å². The minimum absolute atomic E-state index is 0.135. The summed E-state index contributed by atoms with van der Waals surface area (Å²) in [7, 11) is 1.84. The van der Waals surface area contributed by atoms with Gasteiger partial charge in [0.25, 0.3) is 0 Å². The predicted octanol–water partition coefficient (Wildman–Crippen LogP) is 3.19. The van der Waals surface area contributed by atoms with E-state index >= 15 is 0 Å². The fourth-order valence-corrected chi connectivity index (χ4v) is 2.04. The van der Waals surface area contributed by atoms with Crippen LogP contribution >= 0.6 is 0 Å². The number of nitrogens with one attached hydrogen (secondary N) is 1. The molecular weight excluding hydrogens is 276 g/mol. The highest BCUT2D eigenvalue weighted by molar-refractivity contribution is 5.64. The van der Waals surface area contributed by atoms with Crippen LogP contribution < -0.4 is 10.1 Å². The monoisotopic (exact) mass is 295 g/mol. The highest BCUT2D eigenvalue weighted by Gasteiger charge is 2.12. The SMILES string of the molecule is CC(C)NCc1cn(C)nc1-c1cccc(OC(F)F)c1. The molecule has 0 atom stereocenters. The number of nitrogens with zero attached hydrogens (tertiary/aromatic N) is 2. The van der Waals surface area contributed by atoms with Crippen molar-refractivity contribution in [2.24, 2.45) is 7.05 Å². The molecule has 6 heteroatoms. The molecule has 0 aliphatic carbocycles. The van der Waals surface area contributed by atoms with Gasteiger partial charge < -0.3 is 10.1 Å². The fourth-order valence-electron chi connectivity index (χ4n) is 2.04. The van der Waals surface area contributed by atoms with Crippen molar-refractivity contribution in [3.05, 3.63) is 36.0 Å². The highest BCUT2D eigenvalue weighted by atomic mass is 19.3. The van der Waals surface area contributed by atoms with E-state index in [1.165, 1.54) is 6.07 Å². The van der Waals surface area contributed by atoms with Crippen molar-refractivity contribution >= 4 is 0 Å². The van der Waals surface area contributed by atoms with Gasteiger partial charge in [-0.2, -0.15) is 13.9 Å². The molecule has 2 aromatic rings. The molecule has 0 saturated carbocycles. The molecule has 2 rings (SSSR count). The Morgan fingerprint density at radius 3 is 2.76 bits per heavy atom. The van der Waals surface area contributed by atoms with E-state index in [1.807, 2.05) is 19.3 Å². The average molecular weight is 295 g/mol. The van der Waals surface area contributed by atoms with Crippen molar-refractivity contribution < 1.29 is 13.5 Å². The lowest BCUT2D eigenvalue weighted by molar-refractivity contribution is -0.0498. The molecule has 0 saturated heterocycles. The number of benzene rings is 1. The lowest BCUT2D eigenvalue weighted by Gasteiger charge is -2.09. The number of aromatic nitrogens is 2. The van der Waals surface area contributed by atoms with Gasteiger partial charge in [-0.25, -0.2) is 0 Å². The van der Waals surface area contributed by atoms with E-state index in [9.17, 15) is 8.78 Å². The highest BCUT2D eigenvalue weighted by Crippen LogP contribution is 2.26. The summed E-state index contributed by atoms with van der Waals surface area (Å²) in [6.07, 6.45) is 1.92. The van der Waals surface area contributed by atoms with Gasteiger partial charge in [-0.05, 0) is 12.1 Å². The van der Waals surface area contributed by atoms with Gasteiger partial charge in [0, 0.05) is 37.0 Å². The third-order valence-electron chi connectivity index (χ3n) is 2.94. The summed E-state index contributed by atoms with van der Waals surface area (Å²) in [5.74, 6) is 0.135. The Bertz CT molecular complexity index is 596. The van der Waals surface area contributed by atoms with Crippen molar-refractivity contribution in [3.63, 3.8) is 0 Å². The molecule has 0 radical (unpaired) electrons. The Morgan fingerprint density at radius 1 is 1.33 bits per heavy atom. The summed E-state index contributed by atoms with van der Waals surface area (Å²) >= 11 is 0. The van der Waals surface area contributed by atoms with Crippen LogP contribution in [0.1, 0.15) is 19.4 Å². The molecule has 4 nitrogen and oxygen atoms in total. The maximum Gasteiger partial charge on any atom is 0.387 e. The van der Waals surface area contributed by atoms with Gasteiger partial charge in [0.2, 0.25) is 0 Å². The first-order chi connectivity index (χ1) is 9.95. The second-order valence-electron chi connectivity index (χ2n) is 5.12. The molecule has 21 heavy (non-hydrogen) atoms. The molecule has 0 fully saturated rings. The van der Waals surface area contributed by atoms with Crippen LogP contribution in [0.3, 0.4) is 0 Å². The zero-order valence-electron chi connectivity index (χ0n) is 12.3. The maximum absolute atomic E-state index is 12.3. The average Bonchev–Trinajstić information content (AvgIpc) is 2.77. The van der Waals surface area contributed by atoms with Crippen LogP contribution in [-0.4, -0.2) is 22.4 Å². The molecule has 0 bridgehead atoms. The van der Waals surface area contributed by atoms with Crippen molar-refractivity contribution in [2.75, 3.05) is 0 Å². The Balaban J connectivity index is 2.28. The van der Waals surface area contributed by atoms with Crippen LogP contribution in [-0.2, 0) is 13.6 Å². The van der Waals surface area contributed by atoms with E-state index in [0.29, 0.717) is 12.6 Å². The molecule has 114 valence electrons. The first kappa shape index (κ1) is 15.4. The zero-order chi connectivity index (χ0) is 15.4. The van der Waals surface area contributed by atoms with Crippen molar-refractivity contribution in [2.45, 2.75) is 33.0 Å². The molecule has 0 unspecified atom stereocenters. The van der Waals surface area contributed by atoms with Crippen LogP contribution in [0.4, 0.5) is 8.78 Å². The molecule has 1 N–H and O–H groups in total. The number of alkyl halides is 2. The number of hydrogen-bond donors (Lipinski definition) is 1. The number of aryl methyl sites for hydroxylation is 1. The van der Waals surface area contributed by atoms with E-state index in [1.54, 1.807) is 16.8 Å². The Hall–Kier alpha value is -1.95. The Labute approximate surface area is 122 Å². The van der Waals surface area contributed by atoms with Gasteiger partial charge in [0.1, 0.15) is 5.75 Å². The molecule has 1 aromatic carbocycles. The normalized spacial score (nSPS) is 11.4. The van der Waals surface area contributed by atoms with E-state index in [0.717, 1.165) is 16.8 Å². The third-order valence-corrected chi connectivity index (χ3v) is 2.94. The van der Waals surface area contributed by atoms with Crippen LogP contribution in [0.2, 0.25) is 0 Å². The number of ether oxygens (including phenoxy) is 1. The summed E-state index contributed by atoms with van der Waals surface area (Å²) in [4.78, 5) is 0. The van der Waals surface area contributed by atoms with E-state index in [4.69, 9.17) is 0 Å². The number of hydrogen-bond acceptors (Lipinski definition) is 3. The molecule has 1 aromatic heterocycles. The molecule has 0 aliphatic heterocycles. The third kappa shape index (κ3) is 4.26. The quantitative estimate of drug-likeness (QED) is 0.889. The fraction of sp³-hybridized carbons (Fsp3) is 0.400. The van der Waals surface area contributed by atoms with Crippen molar-refractivity contribution in [1.29, 1.82) is 0 Å². The summed E-state index contributed by atoms with van der Waals surface area (Å²) in [6.45, 7) is 1.96. The standard InChI is InChI=1S/C15H19F2N3O/c1-10(2)18-8-12-9-20(3)19-14(12)11-5-4-6-13(7-11)21-15(16)17/h4-7,9-10,15,18H,8H2,1-3H3. The molecule has 1 heterocycles. The van der Waals surface area contributed by atoms with Gasteiger partial charge in [0.05, 0.1) is 5.69 Å². The minimum atomic E-state index is -2.83. The van der Waals surface area contributed by atoms with Gasteiger partial charge in [-0.15, -0.1) is 0 Å². The maximum atomic E-state index is 12.3. The second-order valence-corrected chi connectivity index (χ2v) is 5.12. The second kappa shape index (κ2) is 6.67. The van der Waals surface area contributed by atoms with Crippen molar-refractivity contribution in [3.8, 4) is 17.0 Å². The molecule has 0 aliphatic rings.